The summed E-state index contributed by atoms with van der Waals surface area (Å²) in [4.78, 5) is 23.6. The van der Waals surface area contributed by atoms with E-state index in [0.717, 1.165) is 54.1 Å². The molecule has 1 aliphatic rings. The summed E-state index contributed by atoms with van der Waals surface area (Å²) in [5, 5.41) is 6.21. The summed E-state index contributed by atoms with van der Waals surface area (Å²) in [5.41, 5.74) is 5.79. The Morgan fingerprint density at radius 3 is 2.00 bits per heavy atom. The van der Waals surface area contributed by atoms with E-state index in [1.54, 1.807) is 4.40 Å². The van der Waals surface area contributed by atoms with Crippen molar-refractivity contribution >= 4 is 34.8 Å². The predicted octanol–water partition coefficient (Wildman–Crippen LogP) is 5.64. The van der Waals surface area contributed by atoms with E-state index in [-0.39, 0.29) is 5.69 Å². The first kappa shape index (κ1) is 25.6. The Hall–Kier alpha value is -3.65. The minimum Gasteiger partial charge on any atom is -0.339 e. The van der Waals surface area contributed by atoms with E-state index >= 15 is 0 Å². The molecule has 7 nitrogen and oxygen atoms in total. The molecule has 0 aliphatic carbocycles. The second-order valence-electron chi connectivity index (χ2n) is 10.0. The molecule has 0 amide bonds. The van der Waals surface area contributed by atoms with Gasteiger partial charge < -0.3 is 9.80 Å². The largest absolute Gasteiger partial charge is 0.353 e. The molecular formula is C30H28Cl2N6O. The highest BCUT2D eigenvalue weighted by Gasteiger charge is 2.26. The number of nitrogens with zero attached hydrogens (tertiary/aromatic N) is 6. The molecule has 0 N–H and O–H groups in total. The summed E-state index contributed by atoms with van der Waals surface area (Å²) in [6, 6.07) is 23.3. The van der Waals surface area contributed by atoms with Gasteiger partial charge in [0.05, 0.1) is 17.8 Å². The zero-order chi connectivity index (χ0) is 27.1. The average Bonchev–Trinajstić information content (AvgIpc) is 3.26. The Morgan fingerprint density at radius 2 is 1.38 bits per heavy atom. The van der Waals surface area contributed by atoms with Crippen molar-refractivity contribution in [1.29, 1.82) is 0 Å². The lowest BCUT2D eigenvalue weighted by molar-refractivity contribution is 0.310. The van der Waals surface area contributed by atoms with Gasteiger partial charge in [-0.2, -0.15) is 0 Å². The number of piperazine rings is 1. The average molecular weight is 560 g/mol. The number of anilines is 1. The molecule has 0 atom stereocenters. The van der Waals surface area contributed by atoms with Crippen LogP contribution in [-0.4, -0.2) is 57.3 Å². The number of likely N-dealkylation sites (N-methyl/N-ethyl adjacent to an activating group) is 1. The summed E-state index contributed by atoms with van der Waals surface area (Å²) >= 11 is 12.5. The Balaban J connectivity index is 1.64. The Kier molecular flexibility index (Phi) is 6.89. The highest BCUT2D eigenvalue weighted by atomic mass is 35.5. The smallest absolute Gasteiger partial charge is 0.339 e. The molecule has 3 aromatic carbocycles. The van der Waals surface area contributed by atoms with E-state index < -0.39 is 0 Å². The maximum atomic E-state index is 14.0. The van der Waals surface area contributed by atoms with Crippen LogP contribution in [0.2, 0.25) is 10.0 Å². The summed E-state index contributed by atoms with van der Waals surface area (Å²) in [5.74, 6) is 0.598. The van der Waals surface area contributed by atoms with Crippen LogP contribution in [0.5, 0.6) is 0 Å². The monoisotopic (exact) mass is 558 g/mol. The zero-order valence-electron chi connectivity index (χ0n) is 21.8. The summed E-state index contributed by atoms with van der Waals surface area (Å²) in [7, 11) is 2.11. The van der Waals surface area contributed by atoms with E-state index in [1.165, 1.54) is 10.2 Å². The minimum atomic E-state index is -0.218. The zero-order valence-corrected chi connectivity index (χ0v) is 23.3. The van der Waals surface area contributed by atoms with Crippen LogP contribution in [0, 0.1) is 6.92 Å². The van der Waals surface area contributed by atoms with Crippen LogP contribution in [-0.2, 0) is 6.54 Å². The fraction of sp³-hybridized carbons (Fsp3) is 0.233. The van der Waals surface area contributed by atoms with Gasteiger partial charge in [-0.3, -0.25) is 0 Å². The van der Waals surface area contributed by atoms with Crippen LogP contribution >= 0.6 is 23.2 Å². The number of fused-ring (bicyclic) bond motifs is 1. The van der Waals surface area contributed by atoms with Crippen molar-refractivity contribution in [3.63, 3.8) is 0 Å². The van der Waals surface area contributed by atoms with Gasteiger partial charge in [0.2, 0.25) is 5.95 Å². The molecule has 0 radical (unpaired) electrons. The third-order valence-electron chi connectivity index (χ3n) is 7.20. The van der Waals surface area contributed by atoms with Crippen molar-refractivity contribution in [3.05, 3.63) is 104 Å². The van der Waals surface area contributed by atoms with Crippen LogP contribution in [0.25, 0.3) is 28.0 Å². The van der Waals surface area contributed by atoms with Crippen molar-refractivity contribution in [2.75, 3.05) is 38.1 Å². The third kappa shape index (κ3) is 5.05. The molecule has 39 heavy (non-hydrogen) atoms. The molecule has 0 bridgehead atoms. The van der Waals surface area contributed by atoms with Gasteiger partial charge in [-0.15, -0.1) is 5.10 Å². The Morgan fingerprint density at radius 1 is 0.795 bits per heavy atom. The molecule has 6 rings (SSSR count). The normalized spacial score (nSPS) is 14.3. The Labute approximate surface area is 236 Å². The maximum Gasteiger partial charge on any atom is 0.353 e. The quantitative estimate of drug-likeness (QED) is 0.279. The highest BCUT2D eigenvalue weighted by Crippen LogP contribution is 2.36. The summed E-state index contributed by atoms with van der Waals surface area (Å²) in [6.45, 7) is 5.68. The van der Waals surface area contributed by atoms with Crippen LogP contribution in [0.4, 0.5) is 5.95 Å². The number of benzene rings is 3. The number of hydrogen-bond donors (Lipinski definition) is 0. The van der Waals surface area contributed by atoms with Crippen molar-refractivity contribution in [2.24, 2.45) is 0 Å². The Bertz CT molecular complexity index is 1680. The molecule has 1 aliphatic heterocycles. The van der Waals surface area contributed by atoms with Gasteiger partial charge in [-0.1, -0.05) is 77.3 Å². The topological polar surface area (TPSA) is 58.7 Å². The fourth-order valence-electron chi connectivity index (χ4n) is 4.95. The number of rotatable bonds is 5. The first-order valence-electron chi connectivity index (χ1n) is 12.9. The third-order valence-corrected chi connectivity index (χ3v) is 7.71. The van der Waals surface area contributed by atoms with Crippen LogP contribution in [0.1, 0.15) is 11.1 Å². The molecular weight excluding hydrogens is 531 g/mol. The van der Waals surface area contributed by atoms with Crippen LogP contribution in [0.3, 0.4) is 0 Å². The number of aromatic nitrogens is 4. The van der Waals surface area contributed by atoms with E-state index in [1.807, 2.05) is 79.7 Å². The molecule has 5 aromatic rings. The highest BCUT2D eigenvalue weighted by molar-refractivity contribution is 6.31. The first-order valence-corrected chi connectivity index (χ1v) is 13.7. The van der Waals surface area contributed by atoms with E-state index in [0.29, 0.717) is 28.2 Å². The van der Waals surface area contributed by atoms with Crippen LogP contribution < -0.4 is 10.6 Å². The summed E-state index contributed by atoms with van der Waals surface area (Å²) in [6.07, 6.45) is 0. The van der Waals surface area contributed by atoms with Gasteiger partial charge in [0, 0.05) is 41.8 Å². The molecule has 9 heteroatoms. The number of aryl methyl sites for hydroxylation is 1. The van der Waals surface area contributed by atoms with E-state index in [4.69, 9.17) is 33.3 Å². The van der Waals surface area contributed by atoms with Gasteiger partial charge in [0.25, 0.3) is 0 Å². The molecule has 198 valence electrons. The lowest BCUT2D eigenvalue weighted by Gasteiger charge is -2.33. The first-order chi connectivity index (χ1) is 18.9. The molecule has 2 aromatic heterocycles. The van der Waals surface area contributed by atoms with E-state index in [2.05, 4.69) is 16.8 Å². The molecule has 1 saturated heterocycles. The van der Waals surface area contributed by atoms with Gasteiger partial charge in [-0.25, -0.2) is 18.9 Å². The van der Waals surface area contributed by atoms with Gasteiger partial charge in [-0.05, 0) is 49.4 Å². The van der Waals surface area contributed by atoms with Gasteiger partial charge in [0.15, 0.2) is 5.65 Å². The molecule has 0 saturated carbocycles. The molecule has 0 unspecified atom stereocenters. The number of hydrogen-bond acceptors (Lipinski definition) is 5. The standard InChI is InChI=1S/C30H28Cl2N6O/c1-20-3-5-21(6-4-20)19-37-30(39)38-28(34-37)26(22-7-11-24(31)12-8-22)27(23-9-13-25(32)14-10-23)33-29(38)36-17-15-35(2)16-18-36/h3-14H,15-19H2,1-2H3. The molecule has 3 heterocycles. The molecule has 1 fully saturated rings. The number of halogens is 2. The van der Waals surface area contributed by atoms with E-state index in [9.17, 15) is 4.79 Å². The lowest BCUT2D eigenvalue weighted by atomic mass is 10.00. The van der Waals surface area contributed by atoms with Crippen molar-refractivity contribution < 1.29 is 0 Å². The fourth-order valence-corrected chi connectivity index (χ4v) is 5.20. The van der Waals surface area contributed by atoms with Crippen LogP contribution in [0.15, 0.2) is 77.6 Å². The van der Waals surface area contributed by atoms with Crippen molar-refractivity contribution in [3.8, 4) is 22.4 Å². The maximum absolute atomic E-state index is 14.0. The van der Waals surface area contributed by atoms with Gasteiger partial charge in [0.1, 0.15) is 0 Å². The van der Waals surface area contributed by atoms with Crippen molar-refractivity contribution in [2.45, 2.75) is 13.5 Å². The predicted molar refractivity (Wildman–Crippen MR) is 158 cm³/mol. The molecule has 0 spiro atoms. The van der Waals surface area contributed by atoms with Crippen molar-refractivity contribution in [1.82, 2.24) is 24.1 Å². The lowest BCUT2D eigenvalue weighted by Crippen LogP contribution is -2.46. The second kappa shape index (κ2) is 10.5. The second-order valence-corrected chi connectivity index (χ2v) is 10.9. The minimum absolute atomic E-state index is 0.218. The van der Waals surface area contributed by atoms with Gasteiger partial charge >= 0.3 is 5.69 Å². The summed E-state index contributed by atoms with van der Waals surface area (Å²) < 4.78 is 3.20. The SMILES string of the molecule is Cc1ccc(Cn2nc3c(-c4ccc(Cl)cc4)c(-c4ccc(Cl)cc4)nc(N4CCN(C)CC4)n3c2=O)cc1.